The predicted octanol–water partition coefficient (Wildman–Crippen LogP) is 1.43. The van der Waals surface area contributed by atoms with Gasteiger partial charge in [0.1, 0.15) is 0 Å². The second kappa shape index (κ2) is 5.93. The van der Waals surface area contributed by atoms with Gasteiger partial charge >= 0.3 is 0 Å². The maximum Gasteiger partial charge on any atom is 0.272 e. The first-order valence-electron chi connectivity index (χ1n) is 6.35. The van der Waals surface area contributed by atoms with Crippen LogP contribution >= 0.6 is 0 Å². The molecule has 1 saturated heterocycles. The summed E-state index contributed by atoms with van der Waals surface area (Å²) in [6, 6.07) is 7.52. The summed E-state index contributed by atoms with van der Waals surface area (Å²) in [5, 5.41) is 14.3. The Balaban J connectivity index is 1.99. The van der Waals surface area contributed by atoms with Crippen molar-refractivity contribution in [1.29, 1.82) is 0 Å². The summed E-state index contributed by atoms with van der Waals surface area (Å²) in [5.41, 5.74) is 1.06. The molecule has 1 N–H and O–H groups in total. The molecule has 1 aliphatic heterocycles. The molecule has 5 nitrogen and oxygen atoms in total. The predicted molar refractivity (Wildman–Crippen MR) is 70.7 cm³/mol. The Morgan fingerprint density at radius 2 is 2.28 bits per heavy atom. The van der Waals surface area contributed by atoms with Crippen LogP contribution < -0.4 is 5.32 Å². The molecule has 1 fully saturated rings. The second-order valence-electron chi connectivity index (χ2n) is 4.72. The maximum absolute atomic E-state index is 10.9. The summed E-state index contributed by atoms with van der Waals surface area (Å²) in [6.07, 6.45) is 0.738. The van der Waals surface area contributed by atoms with E-state index in [-0.39, 0.29) is 10.6 Å². The molecule has 1 aliphatic rings. The summed E-state index contributed by atoms with van der Waals surface area (Å²) >= 11 is 0. The SMILES string of the molecule is C[C@H]1CNCCN1CCc1ccccc1[N+](=O)[O-]. The van der Waals surface area contributed by atoms with Crippen molar-refractivity contribution in [3.63, 3.8) is 0 Å². The smallest absolute Gasteiger partial charge is 0.272 e. The summed E-state index contributed by atoms with van der Waals surface area (Å²) in [5.74, 6) is 0. The van der Waals surface area contributed by atoms with Crippen LogP contribution in [0.4, 0.5) is 5.69 Å². The number of rotatable bonds is 4. The van der Waals surface area contributed by atoms with Gasteiger partial charge in [-0.3, -0.25) is 15.0 Å². The first kappa shape index (κ1) is 13.0. The molecule has 5 heteroatoms. The van der Waals surface area contributed by atoms with Crippen molar-refractivity contribution < 1.29 is 4.92 Å². The number of nitro benzene ring substituents is 1. The molecule has 0 saturated carbocycles. The van der Waals surface area contributed by atoms with Crippen molar-refractivity contribution in [3.05, 3.63) is 39.9 Å². The van der Waals surface area contributed by atoms with E-state index in [2.05, 4.69) is 17.1 Å². The van der Waals surface area contributed by atoms with Crippen molar-refractivity contribution in [3.8, 4) is 0 Å². The Morgan fingerprint density at radius 1 is 1.50 bits per heavy atom. The van der Waals surface area contributed by atoms with Gasteiger partial charge in [-0.25, -0.2) is 0 Å². The van der Waals surface area contributed by atoms with Gasteiger partial charge in [0.05, 0.1) is 4.92 Å². The fraction of sp³-hybridized carbons (Fsp3) is 0.538. The van der Waals surface area contributed by atoms with E-state index in [1.807, 2.05) is 12.1 Å². The lowest BCUT2D eigenvalue weighted by molar-refractivity contribution is -0.385. The molecule has 1 atom stereocenters. The number of para-hydroxylation sites is 1. The zero-order valence-electron chi connectivity index (χ0n) is 10.6. The molecule has 98 valence electrons. The molecule has 0 unspecified atom stereocenters. The van der Waals surface area contributed by atoms with Crippen LogP contribution in [-0.2, 0) is 6.42 Å². The molecule has 18 heavy (non-hydrogen) atoms. The third kappa shape index (κ3) is 3.05. The summed E-state index contributed by atoms with van der Waals surface area (Å²) in [7, 11) is 0. The summed E-state index contributed by atoms with van der Waals surface area (Å²) < 4.78 is 0. The fourth-order valence-corrected chi connectivity index (χ4v) is 2.38. The van der Waals surface area contributed by atoms with E-state index in [0.29, 0.717) is 6.04 Å². The minimum atomic E-state index is -0.295. The van der Waals surface area contributed by atoms with Gasteiger partial charge < -0.3 is 5.32 Å². The van der Waals surface area contributed by atoms with Crippen molar-refractivity contribution in [2.24, 2.45) is 0 Å². The van der Waals surface area contributed by atoms with E-state index >= 15 is 0 Å². The molecule has 0 bridgehead atoms. The Bertz CT molecular complexity index is 422. The number of nitrogens with one attached hydrogen (secondary N) is 1. The molecular weight excluding hydrogens is 230 g/mol. The third-order valence-electron chi connectivity index (χ3n) is 3.50. The number of piperazine rings is 1. The number of nitro groups is 1. The lowest BCUT2D eigenvalue weighted by Gasteiger charge is -2.33. The van der Waals surface area contributed by atoms with Crippen molar-refractivity contribution in [2.45, 2.75) is 19.4 Å². The number of nitrogens with zero attached hydrogens (tertiary/aromatic N) is 2. The molecule has 1 aromatic carbocycles. The summed E-state index contributed by atoms with van der Waals surface area (Å²) in [6.45, 7) is 6.08. The van der Waals surface area contributed by atoms with Crippen molar-refractivity contribution >= 4 is 5.69 Å². The normalized spacial score (nSPS) is 20.8. The average molecular weight is 249 g/mol. The molecule has 0 radical (unpaired) electrons. The minimum Gasteiger partial charge on any atom is -0.314 e. The number of hydrogen-bond donors (Lipinski definition) is 1. The molecule has 2 rings (SSSR count). The maximum atomic E-state index is 10.9. The highest BCUT2D eigenvalue weighted by Crippen LogP contribution is 2.18. The van der Waals surface area contributed by atoms with E-state index in [0.717, 1.165) is 38.2 Å². The van der Waals surface area contributed by atoms with E-state index in [9.17, 15) is 10.1 Å². The third-order valence-corrected chi connectivity index (χ3v) is 3.50. The summed E-state index contributed by atoms with van der Waals surface area (Å²) in [4.78, 5) is 13.0. The van der Waals surface area contributed by atoms with Gasteiger partial charge in [0.15, 0.2) is 0 Å². The zero-order chi connectivity index (χ0) is 13.0. The Hall–Kier alpha value is -1.46. The molecule has 0 spiro atoms. The average Bonchev–Trinajstić information content (AvgIpc) is 2.38. The molecule has 1 aromatic rings. The van der Waals surface area contributed by atoms with Crippen molar-refractivity contribution in [2.75, 3.05) is 26.2 Å². The topological polar surface area (TPSA) is 58.4 Å². The van der Waals surface area contributed by atoms with Gasteiger partial charge in [-0.15, -0.1) is 0 Å². The monoisotopic (exact) mass is 249 g/mol. The van der Waals surface area contributed by atoms with Crippen LogP contribution in [0.5, 0.6) is 0 Å². The van der Waals surface area contributed by atoms with Gasteiger partial charge in [-0.05, 0) is 13.3 Å². The van der Waals surface area contributed by atoms with Crippen LogP contribution in [0.15, 0.2) is 24.3 Å². The second-order valence-corrected chi connectivity index (χ2v) is 4.72. The van der Waals surface area contributed by atoms with Crippen LogP contribution in [-0.4, -0.2) is 42.0 Å². The molecule has 0 aliphatic carbocycles. The van der Waals surface area contributed by atoms with Gasteiger partial charge in [-0.1, -0.05) is 18.2 Å². The number of benzene rings is 1. The van der Waals surface area contributed by atoms with Crippen LogP contribution in [0.1, 0.15) is 12.5 Å². The highest BCUT2D eigenvalue weighted by Gasteiger charge is 2.19. The minimum absolute atomic E-state index is 0.236. The largest absolute Gasteiger partial charge is 0.314 e. The van der Waals surface area contributed by atoms with E-state index in [1.54, 1.807) is 12.1 Å². The van der Waals surface area contributed by atoms with E-state index in [4.69, 9.17) is 0 Å². The van der Waals surface area contributed by atoms with E-state index in [1.165, 1.54) is 0 Å². The standard InChI is InChI=1S/C13H19N3O2/c1-11-10-14-7-9-15(11)8-6-12-4-2-3-5-13(12)16(17)18/h2-5,11,14H,6-10H2,1H3/t11-/m0/s1. The quantitative estimate of drug-likeness (QED) is 0.648. The van der Waals surface area contributed by atoms with Crippen LogP contribution in [0, 0.1) is 10.1 Å². The Kier molecular flexibility index (Phi) is 4.28. The first-order chi connectivity index (χ1) is 8.68. The molecule has 0 aromatic heterocycles. The molecule has 0 amide bonds. The van der Waals surface area contributed by atoms with E-state index < -0.39 is 0 Å². The molecule has 1 heterocycles. The fourth-order valence-electron chi connectivity index (χ4n) is 2.38. The highest BCUT2D eigenvalue weighted by atomic mass is 16.6. The van der Waals surface area contributed by atoms with Gasteiger partial charge in [0.25, 0.3) is 5.69 Å². The number of hydrogen-bond acceptors (Lipinski definition) is 4. The Labute approximate surface area is 107 Å². The van der Waals surface area contributed by atoms with Crippen LogP contribution in [0.3, 0.4) is 0 Å². The van der Waals surface area contributed by atoms with Crippen LogP contribution in [0.2, 0.25) is 0 Å². The van der Waals surface area contributed by atoms with Gasteiger partial charge in [0.2, 0.25) is 0 Å². The molecular formula is C13H19N3O2. The first-order valence-corrected chi connectivity index (χ1v) is 6.35. The lowest BCUT2D eigenvalue weighted by Crippen LogP contribution is -2.50. The van der Waals surface area contributed by atoms with Crippen LogP contribution in [0.25, 0.3) is 0 Å². The lowest BCUT2D eigenvalue weighted by atomic mass is 10.1. The van der Waals surface area contributed by atoms with Gasteiger partial charge in [-0.2, -0.15) is 0 Å². The highest BCUT2D eigenvalue weighted by molar-refractivity contribution is 5.39. The Morgan fingerprint density at radius 3 is 3.00 bits per heavy atom. The van der Waals surface area contributed by atoms with Gasteiger partial charge in [0, 0.05) is 43.9 Å². The van der Waals surface area contributed by atoms with Crippen molar-refractivity contribution in [1.82, 2.24) is 10.2 Å². The zero-order valence-corrected chi connectivity index (χ0v) is 10.6.